The van der Waals surface area contributed by atoms with Crippen LogP contribution in [-0.4, -0.2) is 27.4 Å². The molecule has 0 spiro atoms. The van der Waals surface area contributed by atoms with Crippen LogP contribution >= 0.6 is 0 Å². The van der Waals surface area contributed by atoms with E-state index in [4.69, 9.17) is 0 Å². The van der Waals surface area contributed by atoms with Gasteiger partial charge in [-0.05, 0) is 0 Å². The third-order valence-corrected chi connectivity index (χ3v) is 1.76. The van der Waals surface area contributed by atoms with E-state index in [0.29, 0.717) is 0 Å². The summed E-state index contributed by atoms with van der Waals surface area (Å²) in [4.78, 5) is 1.70. The Bertz CT molecular complexity index is 113. The summed E-state index contributed by atoms with van der Waals surface area (Å²) in [5.74, 6) is 0.986. The first-order chi connectivity index (χ1) is 5.29. The van der Waals surface area contributed by atoms with Gasteiger partial charge in [0.2, 0.25) is 0 Å². The van der Waals surface area contributed by atoms with Crippen molar-refractivity contribution in [2.75, 3.05) is 20.1 Å². The Hall–Kier alpha value is -0.255. The zero-order valence-electron chi connectivity index (χ0n) is 7.29. The summed E-state index contributed by atoms with van der Waals surface area (Å²) in [6.07, 6.45) is 1.44. The molecule has 0 aromatic heterocycles. The molecule has 0 aromatic rings. The normalized spacial score (nSPS) is 29.5. The van der Waals surface area contributed by atoms with Gasteiger partial charge in [0.25, 0.3) is 0 Å². The van der Waals surface area contributed by atoms with Crippen molar-refractivity contribution < 1.29 is 22.2 Å². The lowest BCUT2D eigenvalue weighted by Crippen LogP contribution is -3.07. The van der Waals surface area contributed by atoms with Crippen LogP contribution in [0.1, 0.15) is 13.3 Å². The predicted molar refractivity (Wildman–Crippen MR) is 40.6 cm³/mol. The Labute approximate surface area is 69.8 Å². The van der Waals surface area contributed by atoms with Crippen molar-refractivity contribution in [2.24, 2.45) is 5.92 Å². The van der Waals surface area contributed by atoms with Crippen LogP contribution in [0, 0.1) is 5.92 Å². The predicted octanol–water partition coefficient (Wildman–Crippen LogP) is 0.841. The van der Waals surface area contributed by atoms with Crippen molar-refractivity contribution >= 4 is 7.25 Å². The van der Waals surface area contributed by atoms with E-state index in [1.165, 1.54) is 19.5 Å². The molecule has 74 valence electrons. The van der Waals surface area contributed by atoms with Gasteiger partial charge in [-0.25, -0.2) is 0 Å². The zero-order chi connectivity index (χ0) is 9.78. The minimum absolute atomic E-state index is 0.986. The molecule has 0 saturated carbocycles. The van der Waals surface area contributed by atoms with Crippen molar-refractivity contribution in [3.63, 3.8) is 0 Å². The van der Waals surface area contributed by atoms with Crippen LogP contribution in [0.5, 0.6) is 0 Å². The minimum Gasteiger partial charge on any atom is -0.418 e. The van der Waals surface area contributed by atoms with Crippen LogP contribution in [0.4, 0.5) is 17.3 Å². The Morgan fingerprint density at radius 3 is 1.75 bits per heavy atom. The number of quaternary nitrogens is 1. The number of likely N-dealkylation sites (tertiary alicyclic amines) is 1. The highest BCUT2D eigenvalue weighted by Crippen LogP contribution is 2.06. The highest BCUT2D eigenvalue weighted by molar-refractivity contribution is 6.50. The maximum atomic E-state index is 9.75. The quantitative estimate of drug-likeness (QED) is 0.423. The molecule has 1 nitrogen and oxygen atoms in total. The van der Waals surface area contributed by atoms with E-state index in [0.717, 1.165) is 5.92 Å². The lowest BCUT2D eigenvalue weighted by Gasteiger charge is -2.00. The molecular formula is C6H14BF4N. The van der Waals surface area contributed by atoms with Crippen LogP contribution in [0.2, 0.25) is 0 Å². The van der Waals surface area contributed by atoms with Gasteiger partial charge in [0, 0.05) is 12.3 Å². The Balaban J connectivity index is 0.000000217. The summed E-state index contributed by atoms with van der Waals surface area (Å²) in [7, 11) is -3.73. The fourth-order valence-corrected chi connectivity index (χ4v) is 1.29. The van der Waals surface area contributed by atoms with Gasteiger partial charge in [-0.1, -0.05) is 6.92 Å². The van der Waals surface area contributed by atoms with Crippen LogP contribution in [0.3, 0.4) is 0 Å². The first kappa shape index (κ1) is 11.7. The molecule has 1 rings (SSSR count). The van der Waals surface area contributed by atoms with E-state index in [1.54, 1.807) is 4.90 Å². The van der Waals surface area contributed by atoms with Crippen LogP contribution in [0.25, 0.3) is 0 Å². The summed E-state index contributed by atoms with van der Waals surface area (Å²) < 4.78 is 39.0. The molecule has 1 saturated heterocycles. The number of rotatable bonds is 0. The van der Waals surface area contributed by atoms with Crippen molar-refractivity contribution in [1.29, 1.82) is 0 Å². The molecule has 12 heavy (non-hydrogen) atoms. The van der Waals surface area contributed by atoms with Gasteiger partial charge in [-0.15, -0.1) is 0 Å². The summed E-state index contributed by atoms with van der Waals surface area (Å²) >= 11 is 0. The Morgan fingerprint density at radius 2 is 1.67 bits per heavy atom. The largest absolute Gasteiger partial charge is 0.673 e. The van der Waals surface area contributed by atoms with E-state index < -0.39 is 7.25 Å². The summed E-state index contributed by atoms with van der Waals surface area (Å²) in [6, 6.07) is 0. The van der Waals surface area contributed by atoms with Gasteiger partial charge in [0.05, 0.1) is 20.1 Å². The SMILES string of the molecule is CC1CC[NH+](C)C1.F[B-](F)(F)F. The van der Waals surface area contributed by atoms with E-state index in [2.05, 4.69) is 14.0 Å². The molecule has 0 radical (unpaired) electrons. The highest BCUT2D eigenvalue weighted by atomic mass is 19.5. The van der Waals surface area contributed by atoms with Gasteiger partial charge >= 0.3 is 7.25 Å². The molecule has 1 aliphatic heterocycles. The molecule has 1 aliphatic rings. The summed E-state index contributed by atoms with van der Waals surface area (Å²) in [5, 5.41) is 0. The van der Waals surface area contributed by atoms with Crippen LogP contribution < -0.4 is 4.90 Å². The monoisotopic (exact) mass is 187 g/mol. The lowest BCUT2D eigenvalue weighted by atomic mass is 10.2. The standard InChI is InChI=1S/C6H13N.BF4/c1-6-3-4-7(2)5-6;2-1(3,4)5/h6H,3-5H2,1-2H3;/q;-1/p+1. The van der Waals surface area contributed by atoms with Crippen molar-refractivity contribution in [1.82, 2.24) is 0 Å². The maximum Gasteiger partial charge on any atom is 0.673 e. The van der Waals surface area contributed by atoms with Gasteiger partial charge < -0.3 is 22.2 Å². The fraction of sp³-hybridized carbons (Fsp3) is 1.00. The molecule has 0 bridgehead atoms. The van der Waals surface area contributed by atoms with Crippen LogP contribution in [-0.2, 0) is 0 Å². The summed E-state index contributed by atoms with van der Waals surface area (Å²) in [5.41, 5.74) is 0. The Kier molecular flexibility index (Phi) is 4.59. The molecule has 0 amide bonds. The first-order valence-electron chi connectivity index (χ1n) is 3.97. The molecular weight excluding hydrogens is 173 g/mol. The number of nitrogens with one attached hydrogen (secondary N) is 1. The second kappa shape index (κ2) is 4.69. The van der Waals surface area contributed by atoms with E-state index in [9.17, 15) is 17.3 Å². The lowest BCUT2D eigenvalue weighted by molar-refractivity contribution is -0.867. The topological polar surface area (TPSA) is 4.44 Å². The van der Waals surface area contributed by atoms with E-state index in [-0.39, 0.29) is 0 Å². The second-order valence-corrected chi connectivity index (χ2v) is 3.30. The molecule has 0 aromatic carbocycles. The second-order valence-electron chi connectivity index (χ2n) is 3.30. The molecule has 2 atom stereocenters. The van der Waals surface area contributed by atoms with E-state index in [1.807, 2.05) is 0 Å². The van der Waals surface area contributed by atoms with Crippen molar-refractivity contribution in [2.45, 2.75) is 13.3 Å². The average Bonchev–Trinajstić information content (AvgIpc) is 2.09. The van der Waals surface area contributed by atoms with Crippen LogP contribution in [0.15, 0.2) is 0 Å². The molecule has 1 fully saturated rings. The first-order valence-corrected chi connectivity index (χ1v) is 3.97. The highest BCUT2D eigenvalue weighted by Gasteiger charge is 2.20. The minimum atomic E-state index is -6.00. The number of halogens is 4. The van der Waals surface area contributed by atoms with Gasteiger partial charge in [-0.2, -0.15) is 0 Å². The third kappa shape index (κ3) is 9.74. The molecule has 2 unspecified atom stereocenters. The fourth-order valence-electron chi connectivity index (χ4n) is 1.29. The maximum absolute atomic E-state index is 9.75. The Morgan fingerprint density at radius 1 is 1.25 bits per heavy atom. The summed E-state index contributed by atoms with van der Waals surface area (Å²) in [6.45, 7) is 5.11. The third-order valence-electron chi connectivity index (χ3n) is 1.76. The molecule has 1 N–H and O–H groups in total. The molecule has 1 heterocycles. The van der Waals surface area contributed by atoms with Gasteiger partial charge in [-0.3, -0.25) is 0 Å². The van der Waals surface area contributed by atoms with Crippen molar-refractivity contribution in [3.8, 4) is 0 Å². The molecule has 6 heteroatoms. The van der Waals surface area contributed by atoms with E-state index >= 15 is 0 Å². The number of hydrogen-bond donors (Lipinski definition) is 1. The molecule has 0 aliphatic carbocycles. The smallest absolute Gasteiger partial charge is 0.418 e. The number of hydrogen-bond acceptors (Lipinski definition) is 0. The van der Waals surface area contributed by atoms with Gasteiger partial charge in [0.1, 0.15) is 0 Å². The van der Waals surface area contributed by atoms with Crippen molar-refractivity contribution in [3.05, 3.63) is 0 Å². The average molecular weight is 187 g/mol. The zero-order valence-corrected chi connectivity index (χ0v) is 7.29. The van der Waals surface area contributed by atoms with Gasteiger partial charge in [0.15, 0.2) is 0 Å².